The van der Waals surface area contributed by atoms with Crippen LogP contribution in [0.3, 0.4) is 0 Å². The van der Waals surface area contributed by atoms with E-state index in [1.54, 1.807) is 20.2 Å². The number of H-pyrrole nitrogens is 1. The molecule has 1 aliphatic heterocycles. The molecule has 4 rings (SSSR count). The van der Waals surface area contributed by atoms with E-state index < -0.39 is 6.16 Å². The molecule has 160 valence electrons. The number of fused-ring (bicyclic) bond motifs is 3. The second kappa shape index (κ2) is 8.99. The van der Waals surface area contributed by atoms with Crippen molar-refractivity contribution in [2.24, 2.45) is 0 Å². The highest BCUT2D eigenvalue weighted by atomic mass is 16.7. The number of nitrogens with zero attached hydrogens (tertiary/aromatic N) is 3. The Balaban J connectivity index is 1.80. The number of carbonyl (C=O) groups is 1. The van der Waals surface area contributed by atoms with Gasteiger partial charge in [-0.15, -0.1) is 0 Å². The smallest absolute Gasteiger partial charge is 0.434 e. The molecule has 8 nitrogen and oxygen atoms in total. The number of aromatic nitrogens is 2. The van der Waals surface area contributed by atoms with Crippen LogP contribution in [0.5, 0.6) is 5.88 Å². The van der Waals surface area contributed by atoms with Gasteiger partial charge in [-0.25, -0.2) is 9.78 Å². The summed E-state index contributed by atoms with van der Waals surface area (Å²) in [5.41, 5.74) is 3.89. The number of nitrogens with one attached hydrogen (secondary N) is 1. The van der Waals surface area contributed by atoms with Gasteiger partial charge in [-0.3, -0.25) is 4.90 Å². The average molecular weight is 412 g/mol. The van der Waals surface area contributed by atoms with Crippen molar-refractivity contribution >= 4 is 28.0 Å². The monoisotopic (exact) mass is 412 g/mol. The fourth-order valence-electron chi connectivity index (χ4n) is 4.03. The Morgan fingerprint density at radius 2 is 1.97 bits per heavy atom. The predicted molar refractivity (Wildman–Crippen MR) is 115 cm³/mol. The fraction of sp³-hybridized carbons (Fsp3) is 0.455. The van der Waals surface area contributed by atoms with Gasteiger partial charge in [0.15, 0.2) is 0 Å². The Labute approximate surface area is 175 Å². The molecular formula is C22H28N4O4. The zero-order valence-corrected chi connectivity index (χ0v) is 17.7. The Bertz CT molecular complexity index is 1040. The maximum atomic E-state index is 11.9. The van der Waals surface area contributed by atoms with Crippen molar-refractivity contribution in [1.82, 2.24) is 19.8 Å². The molecule has 1 fully saturated rings. The lowest BCUT2D eigenvalue weighted by Gasteiger charge is -2.32. The third kappa shape index (κ3) is 4.12. The number of methoxy groups -OCH3 is 1. The first kappa shape index (κ1) is 20.6. The zero-order chi connectivity index (χ0) is 21.1. The molecule has 1 saturated heterocycles. The standard InChI is InChI=1S/C22H28N4O4/c1-4-29-22(27)30-21-16(14-28-3)20-18(12-23-21)24-17-7-5-6-15(19(17)20)13-26-10-8-25(2)9-11-26/h5-7,12,24H,4,8-11,13-14H2,1-3H3. The van der Waals surface area contributed by atoms with Gasteiger partial charge < -0.3 is 24.1 Å². The van der Waals surface area contributed by atoms with Gasteiger partial charge >= 0.3 is 6.16 Å². The predicted octanol–water partition coefficient (Wildman–Crippen LogP) is 3.15. The van der Waals surface area contributed by atoms with Crippen LogP contribution in [0.2, 0.25) is 0 Å². The topological polar surface area (TPSA) is 79.9 Å². The zero-order valence-electron chi connectivity index (χ0n) is 17.7. The molecule has 0 bridgehead atoms. The van der Waals surface area contributed by atoms with Crippen molar-refractivity contribution in [2.75, 3.05) is 46.9 Å². The summed E-state index contributed by atoms with van der Waals surface area (Å²) in [5, 5.41) is 2.10. The lowest BCUT2D eigenvalue weighted by molar-refractivity contribution is 0.101. The van der Waals surface area contributed by atoms with E-state index in [1.807, 2.05) is 0 Å². The first-order chi connectivity index (χ1) is 14.6. The number of benzene rings is 1. The van der Waals surface area contributed by atoms with E-state index in [0.29, 0.717) is 0 Å². The van der Waals surface area contributed by atoms with Gasteiger partial charge in [0.1, 0.15) is 0 Å². The minimum Gasteiger partial charge on any atom is -0.434 e. The number of hydrogen-bond donors (Lipinski definition) is 1. The minimum absolute atomic E-state index is 0.220. The van der Waals surface area contributed by atoms with Gasteiger partial charge in [-0.2, -0.15) is 0 Å². The summed E-state index contributed by atoms with van der Waals surface area (Å²) in [6, 6.07) is 6.30. The summed E-state index contributed by atoms with van der Waals surface area (Å²) < 4.78 is 15.8. The second-order valence-electron chi connectivity index (χ2n) is 7.59. The van der Waals surface area contributed by atoms with E-state index in [2.05, 4.69) is 45.0 Å². The lowest BCUT2D eigenvalue weighted by atomic mass is 10.0. The maximum absolute atomic E-state index is 11.9. The van der Waals surface area contributed by atoms with Crippen molar-refractivity contribution in [2.45, 2.75) is 20.1 Å². The number of carbonyl (C=O) groups excluding carboxylic acids is 1. The molecule has 1 aliphatic rings. The Hall–Kier alpha value is -2.68. The number of hydrogen-bond acceptors (Lipinski definition) is 7. The van der Waals surface area contributed by atoms with Gasteiger partial charge in [0, 0.05) is 56.1 Å². The summed E-state index contributed by atoms with van der Waals surface area (Å²) in [4.78, 5) is 24.5. The number of piperazine rings is 1. The number of ether oxygens (including phenoxy) is 3. The number of rotatable bonds is 6. The first-order valence-electron chi connectivity index (χ1n) is 10.3. The van der Waals surface area contributed by atoms with Gasteiger partial charge in [0.2, 0.25) is 5.88 Å². The number of likely N-dealkylation sites (N-methyl/N-ethyl adjacent to an activating group) is 1. The van der Waals surface area contributed by atoms with Crippen LogP contribution in [0.4, 0.5) is 4.79 Å². The van der Waals surface area contributed by atoms with Crippen molar-refractivity contribution in [3.63, 3.8) is 0 Å². The summed E-state index contributed by atoms with van der Waals surface area (Å²) in [6.45, 7) is 7.33. The molecule has 3 aromatic rings. The van der Waals surface area contributed by atoms with E-state index in [-0.39, 0.29) is 19.1 Å². The molecule has 3 heterocycles. The van der Waals surface area contributed by atoms with E-state index in [0.717, 1.165) is 60.1 Å². The highest BCUT2D eigenvalue weighted by Gasteiger charge is 2.21. The van der Waals surface area contributed by atoms with Crippen LogP contribution in [0.25, 0.3) is 21.8 Å². The molecule has 0 spiro atoms. The molecule has 1 aromatic carbocycles. The quantitative estimate of drug-likeness (QED) is 0.623. The van der Waals surface area contributed by atoms with E-state index in [9.17, 15) is 4.79 Å². The molecule has 0 unspecified atom stereocenters. The SMILES string of the molecule is CCOC(=O)Oc1ncc2[nH]c3cccc(CN4CCN(C)CC4)c3c2c1COC. The van der Waals surface area contributed by atoms with Gasteiger partial charge in [0.25, 0.3) is 0 Å². The van der Waals surface area contributed by atoms with Crippen LogP contribution in [-0.4, -0.2) is 72.9 Å². The van der Waals surface area contributed by atoms with Crippen molar-refractivity contribution in [3.8, 4) is 5.88 Å². The maximum Gasteiger partial charge on any atom is 0.515 e. The van der Waals surface area contributed by atoms with Crippen molar-refractivity contribution in [1.29, 1.82) is 0 Å². The largest absolute Gasteiger partial charge is 0.515 e. The second-order valence-corrected chi connectivity index (χ2v) is 7.59. The molecule has 0 radical (unpaired) electrons. The third-order valence-electron chi connectivity index (χ3n) is 5.53. The van der Waals surface area contributed by atoms with Crippen molar-refractivity contribution < 1.29 is 19.0 Å². The molecule has 0 atom stereocenters. The Kier molecular flexibility index (Phi) is 6.17. The minimum atomic E-state index is -0.765. The molecule has 0 aliphatic carbocycles. The Morgan fingerprint density at radius 1 is 1.17 bits per heavy atom. The summed E-state index contributed by atoms with van der Waals surface area (Å²) >= 11 is 0. The van der Waals surface area contributed by atoms with Crippen LogP contribution in [0.15, 0.2) is 24.4 Å². The van der Waals surface area contributed by atoms with Gasteiger partial charge in [-0.05, 0) is 25.6 Å². The average Bonchev–Trinajstić information content (AvgIpc) is 3.11. The van der Waals surface area contributed by atoms with Crippen LogP contribution in [0.1, 0.15) is 18.1 Å². The molecule has 0 amide bonds. The van der Waals surface area contributed by atoms with E-state index in [4.69, 9.17) is 14.2 Å². The summed E-state index contributed by atoms with van der Waals surface area (Å²) in [7, 11) is 3.78. The number of aromatic amines is 1. The Morgan fingerprint density at radius 3 is 2.70 bits per heavy atom. The van der Waals surface area contributed by atoms with Crippen LogP contribution >= 0.6 is 0 Å². The molecule has 2 aromatic heterocycles. The highest BCUT2D eigenvalue weighted by molar-refractivity contribution is 6.11. The summed E-state index contributed by atoms with van der Waals surface area (Å²) in [6.07, 6.45) is 0.932. The van der Waals surface area contributed by atoms with Gasteiger partial charge in [-0.1, -0.05) is 12.1 Å². The van der Waals surface area contributed by atoms with E-state index >= 15 is 0 Å². The molecular weight excluding hydrogens is 384 g/mol. The normalized spacial score (nSPS) is 15.7. The highest BCUT2D eigenvalue weighted by Crippen LogP contribution is 2.35. The van der Waals surface area contributed by atoms with Crippen LogP contribution < -0.4 is 4.74 Å². The molecule has 8 heteroatoms. The third-order valence-corrected chi connectivity index (χ3v) is 5.53. The summed E-state index contributed by atoms with van der Waals surface area (Å²) in [5.74, 6) is 0.220. The van der Waals surface area contributed by atoms with E-state index in [1.165, 1.54) is 5.56 Å². The molecule has 30 heavy (non-hydrogen) atoms. The number of pyridine rings is 1. The van der Waals surface area contributed by atoms with Crippen molar-refractivity contribution in [3.05, 3.63) is 35.5 Å². The fourth-order valence-corrected chi connectivity index (χ4v) is 4.03. The van der Waals surface area contributed by atoms with Crippen LogP contribution in [-0.2, 0) is 22.6 Å². The lowest BCUT2D eigenvalue weighted by Crippen LogP contribution is -2.43. The van der Waals surface area contributed by atoms with Crippen LogP contribution in [0, 0.1) is 0 Å². The molecule has 0 saturated carbocycles. The molecule has 1 N–H and O–H groups in total. The van der Waals surface area contributed by atoms with Gasteiger partial charge in [0.05, 0.1) is 30.5 Å². The first-order valence-corrected chi connectivity index (χ1v) is 10.3.